The summed E-state index contributed by atoms with van der Waals surface area (Å²) in [6, 6.07) is 11.5. The zero-order valence-corrected chi connectivity index (χ0v) is 17.8. The first-order chi connectivity index (χ1) is 13.7. The molecule has 0 spiro atoms. The summed E-state index contributed by atoms with van der Waals surface area (Å²) >= 11 is 0. The van der Waals surface area contributed by atoms with Gasteiger partial charge in [-0.2, -0.15) is 0 Å². The Hall–Kier alpha value is -1.87. The summed E-state index contributed by atoms with van der Waals surface area (Å²) in [5.41, 5.74) is 12.5. The summed E-state index contributed by atoms with van der Waals surface area (Å²) in [7, 11) is 0. The van der Waals surface area contributed by atoms with Crippen LogP contribution < -0.4 is 5.73 Å². The second kappa shape index (κ2) is 10.6. The van der Waals surface area contributed by atoms with Crippen molar-refractivity contribution in [3.63, 3.8) is 0 Å². The quantitative estimate of drug-likeness (QED) is 0.601. The summed E-state index contributed by atoms with van der Waals surface area (Å²) in [4.78, 5) is 7.23. The van der Waals surface area contributed by atoms with Crippen LogP contribution in [0.4, 0.5) is 5.82 Å². The van der Waals surface area contributed by atoms with Crippen LogP contribution in [-0.4, -0.2) is 23.0 Å². The number of nitrogens with two attached hydrogens (primary N) is 1. The normalized spacial score (nSPS) is 15.5. The van der Waals surface area contributed by atoms with Gasteiger partial charge in [-0.15, -0.1) is 0 Å². The van der Waals surface area contributed by atoms with Gasteiger partial charge >= 0.3 is 0 Å². The number of hydrogen-bond acceptors (Lipinski definition) is 3. The van der Waals surface area contributed by atoms with E-state index in [2.05, 4.69) is 54.1 Å². The van der Waals surface area contributed by atoms with Crippen LogP contribution in [0.15, 0.2) is 30.3 Å². The molecule has 2 aromatic rings. The van der Waals surface area contributed by atoms with Crippen molar-refractivity contribution in [1.82, 2.24) is 9.88 Å². The van der Waals surface area contributed by atoms with E-state index in [0.717, 1.165) is 25.1 Å². The van der Waals surface area contributed by atoms with Crippen LogP contribution in [0.1, 0.15) is 79.8 Å². The number of nitrogen functional groups attached to an aromatic ring is 1. The molecule has 1 aromatic carbocycles. The second-order valence-electron chi connectivity index (χ2n) is 8.42. The molecule has 0 radical (unpaired) electrons. The van der Waals surface area contributed by atoms with Crippen LogP contribution in [-0.2, 0) is 19.4 Å². The number of aromatic nitrogens is 1. The fourth-order valence-corrected chi connectivity index (χ4v) is 4.19. The highest BCUT2D eigenvalue weighted by Gasteiger charge is 2.11. The van der Waals surface area contributed by atoms with Crippen molar-refractivity contribution < 1.29 is 0 Å². The maximum atomic E-state index is 6.17. The summed E-state index contributed by atoms with van der Waals surface area (Å²) in [6.45, 7) is 7.90. The van der Waals surface area contributed by atoms with Gasteiger partial charge in [0.2, 0.25) is 0 Å². The van der Waals surface area contributed by atoms with Gasteiger partial charge in [0.15, 0.2) is 0 Å². The minimum Gasteiger partial charge on any atom is -0.383 e. The number of pyridine rings is 1. The van der Waals surface area contributed by atoms with Gasteiger partial charge in [0.05, 0.1) is 0 Å². The molecule has 1 aliphatic heterocycles. The average molecular weight is 380 g/mol. The lowest BCUT2D eigenvalue weighted by Gasteiger charge is -2.20. The highest BCUT2D eigenvalue weighted by molar-refractivity contribution is 5.45. The molecule has 0 saturated carbocycles. The van der Waals surface area contributed by atoms with Gasteiger partial charge in [-0.1, -0.05) is 62.9 Å². The summed E-state index contributed by atoms with van der Waals surface area (Å²) < 4.78 is 0. The Bertz CT molecular complexity index is 728. The Balaban J connectivity index is 1.63. The van der Waals surface area contributed by atoms with Crippen molar-refractivity contribution in [2.45, 2.75) is 78.2 Å². The lowest BCUT2D eigenvalue weighted by Crippen LogP contribution is -2.23. The zero-order chi connectivity index (χ0) is 19.8. The molecule has 0 aliphatic carbocycles. The Morgan fingerprint density at radius 2 is 1.61 bits per heavy atom. The van der Waals surface area contributed by atoms with Crippen LogP contribution in [0.2, 0.25) is 0 Å². The predicted octanol–water partition coefficient (Wildman–Crippen LogP) is 5.67. The maximum absolute atomic E-state index is 6.17. The van der Waals surface area contributed by atoms with Gasteiger partial charge in [-0.25, -0.2) is 4.98 Å². The standard InChI is InChI=1S/C25H37N3/c1-3-4-7-10-23-18-24(20(2)27-25(23)26)17-21-11-13-22(14-12-21)19-28-15-8-5-6-9-16-28/h11-14,18H,3-10,15-17,19H2,1-2H3,(H2,26,27). The molecule has 1 fully saturated rings. The van der Waals surface area contributed by atoms with Gasteiger partial charge in [-0.05, 0) is 74.4 Å². The molecule has 3 nitrogen and oxygen atoms in total. The summed E-state index contributed by atoms with van der Waals surface area (Å²) in [6.07, 6.45) is 11.1. The molecule has 0 bridgehead atoms. The third kappa shape index (κ3) is 6.07. The molecule has 0 atom stereocenters. The Kier molecular flexibility index (Phi) is 7.90. The monoisotopic (exact) mass is 379 g/mol. The second-order valence-corrected chi connectivity index (χ2v) is 8.42. The summed E-state index contributed by atoms with van der Waals surface area (Å²) in [5, 5.41) is 0. The molecular weight excluding hydrogens is 342 g/mol. The lowest BCUT2D eigenvalue weighted by molar-refractivity contribution is 0.277. The third-order valence-corrected chi connectivity index (χ3v) is 6.00. The molecule has 0 amide bonds. The number of rotatable bonds is 8. The van der Waals surface area contributed by atoms with E-state index in [1.807, 2.05) is 0 Å². The fraction of sp³-hybridized carbons (Fsp3) is 0.560. The van der Waals surface area contributed by atoms with Crippen molar-refractivity contribution in [3.05, 3.63) is 58.3 Å². The first-order valence-corrected chi connectivity index (χ1v) is 11.2. The molecule has 0 unspecified atom stereocenters. The topological polar surface area (TPSA) is 42.2 Å². The van der Waals surface area contributed by atoms with Crippen LogP contribution in [0.25, 0.3) is 0 Å². The number of benzene rings is 1. The molecule has 1 saturated heterocycles. The number of anilines is 1. The van der Waals surface area contributed by atoms with Crippen molar-refractivity contribution in [1.29, 1.82) is 0 Å². The number of hydrogen-bond donors (Lipinski definition) is 1. The number of nitrogens with zero attached hydrogens (tertiary/aromatic N) is 2. The Morgan fingerprint density at radius 1 is 0.929 bits per heavy atom. The van der Waals surface area contributed by atoms with Crippen LogP contribution in [0, 0.1) is 6.92 Å². The largest absolute Gasteiger partial charge is 0.383 e. The molecule has 2 N–H and O–H groups in total. The minimum absolute atomic E-state index is 0.713. The molecular formula is C25H37N3. The minimum atomic E-state index is 0.713. The van der Waals surface area contributed by atoms with Gasteiger partial charge in [0.1, 0.15) is 5.82 Å². The van der Waals surface area contributed by atoms with E-state index < -0.39 is 0 Å². The Morgan fingerprint density at radius 3 is 2.29 bits per heavy atom. The van der Waals surface area contributed by atoms with Gasteiger partial charge in [-0.3, -0.25) is 4.90 Å². The SMILES string of the molecule is CCCCCc1cc(Cc2ccc(CN3CCCCCC3)cc2)c(C)nc1N. The smallest absolute Gasteiger partial charge is 0.126 e. The van der Waals surface area contributed by atoms with E-state index in [-0.39, 0.29) is 0 Å². The van der Waals surface area contributed by atoms with Crippen LogP contribution >= 0.6 is 0 Å². The van der Waals surface area contributed by atoms with Crippen molar-refractivity contribution in [2.24, 2.45) is 0 Å². The van der Waals surface area contributed by atoms with E-state index in [1.54, 1.807) is 0 Å². The highest BCUT2D eigenvalue weighted by atomic mass is 15.1. The van der Waals surface area contributed by atoms with E-state index in [9.17, 15) is 0 Å². The first kappa shape index (κ1) is 20.9. The van der Waals surface area contributed by atoms with Gasteiger partial charge in [0, 0.05) is 12.2 Å². The fourth-order valence-electron chi connectivity index (χ4n) is 4.19. The van der Waals surface area contributed by atoms with Gasteiger partial charge < -0.3 is 5.73 Å². The van der Waals surface area contributed by atoms with Crippen LogP contribution in [0.5, 0.6) is 0 Å². The van der Waals surface area contributed by atoms with Gasteiger partial charge in [0.25, 0.3) is 0 Å². The molecule has 152 valence electrons. The van der Waals surface area contributed by atoms with Crippen molar-refractivity contribution >= 4 is 5.82 Å². The first-order valence-electron chi connectivity index (χ1n) is 11.2. The van der Waals surface area contributed by atoms with E-state index >= 15 is 0 Å². The van der Waals surface area contributed by atoms with E-state index in [4.69, 9.17) is 5.73 Å². The predicted molar refractivity (Wildman–Crippen MR) is 120 cm³/mol. The highest BCUT2D eigenvalue weighted by Crippen LogP contribution is 2.21. The number of unbranched alkanes of at least 4 members (excludes halogenated alkanes) is 2. The molecule has 1 aromatic heterocycles. The molecule has 3 heteroatoms. The molecule has 3 rings (SSSR count). The number of aryl methyl sites for hydroxylation is 2. The Labute approximate surface area is 171 Å². The molecule has 28 heavy (non-hydrogen) atoms. The number of likely N-dealkylation sites (tertiary alicyclic amines) is 1. The molecule has 1 aliphatic rings. The third-order valence-electron chi connectivity index (χ3n) is 6.00. The van der Waals surface area contributed by atoms with E-state index in [0.29, 0.717) is 5.82 Å². The van der Waals surface area contributed by atoms with Crippen LogP contribution in [0.3, 0.4) is 0 Å². The maximum Gasteiger partial charge on any atom is 0.126 e. The summed E-state index contributed by atoms with van der Waals surface area (Å²) in [5.74, 6) is 0.713. The van der Waals surface area contributed by atoms with Crippen molar-refractivity contribution in [3.8, 4) is 0 Å². The zero-order valence-electron chi connectivity index (χ0n) is 17.8. The average Bonchev–Trinajstić information content (AvgIpc) is 2.95. The lowest BCUT2D eigenvalue weighted by atomic mass is 9.99. The van der Waals surface area contributed by atoms with E-state index in [1.165, 1.54) is 80.3 Å². The molecule has 2 heterocycles. The van der Waals surface area contributed by atoms with Crippen molar-refractivity contribution in [2.75, 3.05) is 18.8 Å².